The van der Waals surface area contributed by atoms with E-state index in [0.717, 1.165) is 12.1 Å². The molecule has 0 bridgehead atoms. The lowest BCUT2D eigenvalue weighted by Gasteiger charge is -2.11. The highest BCUT2D eigenvalue weighted by Gasteiger charge is 2.24. The van der Waals surface area contributed by atoms with Crippen molar-refractivity contribution in [3.63, 3.8) is 0 Å². The number of nitrogens with two attached hydrogens (primary N) is 1. The van der Waals surface area contributed by atoms with Crippen LogP contribution < -0.4 is 5.73 Å². The zero-order chi connectivity index (χ0) is 10.7. The van der Waals surface area contributed by atoms with Gasteiger partial charge in [-0.3, -0.25) is 4.79 Å². The Hall–Kier alpha value is -1.49. The fraction of sp³-hybridized carbons (Fsp3) is 0.222. The number of carboxylic acids is 1. The van der Waals surface area contributed by atoms with E-state index in [9.17, 15) is 13.6 Å². The molecule has 0 aliphatic carbocycles. The first-order valence-corrected chi connectivity index (χ1v) is 3.94. The van der Waals surface area contributed by atoms with Crippen LogP contribution in [0.3, 0.4) is 0 Å². The van der Waals surface area contributed by atoms with Crippen LogP contribution in [-0.2, 0) is 4.79 Å². The van der Waals surface area contributed by atoms with E-state index in [4.69, 9.17) is 10.8 Å². The highest BCUT2D eigenvalue weighted by molar-refractivity contribution is 5.76. The van der Waals surface area contributed by atoms with Gasteiger partial charge in [0.25, 0.3) is 0 Å². The van der Waals surface area contributed by atoms with Gasteiger partial charge in [-0.25, -0.2) is 8.78 Å². The number of hydrogen-bond acceptors (Lipinski definition) is 2. The molecule has 0 aliphatic rings. The number of halogens is 2. The Morgan fingerprint density at radius 2 is 1.93 bits per heavy atom. The zero-order valence-electron chi connectivity index (χ0n) is 7.21. The van der Waals surface area contributed by atoms with Crippen molar-refractivity contribution in [1.29, 1.82) is 0 Å². The first-order chi connectivity index (χ1) is 6.57. The van der Waals surface area contributed by atoms with E-state index in [1.807, 2.05) is 0 Å². The molecule has 0 aliphatic heterocycles. The maximum atomic E-state index is 13.1. The molecule has 1 unspecified atom stereocenters. The Labute approximate surface area is 79.2 Å². The van der Waals surface area contributed by atoms with Crippen molar-refractivity contribution < 1.29 is 18.7 Å². The van der Waals surface area contributed by atoms with Gasteiger partial charge in [0.05, 0.1) is 5.92 Å². The summed E-state index contributed by atoms with van der Waals surface area (Å²) < 4.78 is 26.2. The quantitative estimate of drug-likeness (QED) is 0.769. The molecule has 5 heteroatoms. The lowest BCUT2D eigenvalue weighted by molar-refractivity contribution is -0.138. The number of carboxylic acid groups (broad SMARTS) is 1. The highest BCUT2D eigenvalue weighted by atomic mass is 19.1. The van der Waals surface area contributed by atoms with Gasteiger partial charge in [0.15, 0.2) is 0 Å². The van der Waals surface area contributed by atoms with Crippen LogP contribution in [-0.4, -0.2) is 17.6 Å². The second-order valence-electron chi connectivity index (χ2n) is 2.76. The van der Waals surface area contributed by atoms with Crippen LogP contribution >= 0.6 is 0 Å². The van der Waals surface area contributed by atoms with Crippen LogP contribution in [0, 0.1) is 11.6 Å². The van der Waals surface area contributed by atoms with Crippen molar-refractivity contribution >= 4 is 5.97 Å². The highest BCUT2D eigenvalue weighted by Crippen LogP contribution is 2.21. The molecular weight excluding hydrogens is 192 g/mol. The lowest BCUT2D eigenvalue weighted by atomic mass is 9.98. The molecule has 0 heterocycles. The predicted octanol–water partition coefficient (Wildman–Crippen LogP) is 1.09. The van der Waals surface area contributed by atoms with E-state index in [1.165, 1.54) is 6.07 Å². The minimum Gasteiger partial charge on any atom is -0.481 e. The monoisotopic (exact) mass is 201 g/mol. The Morgan fingerprint density at radius 3 is 2.29 bits per heavy atom. The summed E-state index contributed by atoms with van der Waals surface area (Å²) in [6, 6.07) is 3.18. The molecular formula is C9H9F2NO2. The Morgan fingerprint density at radius 1 is 1.43 bits per heavy atom. The molecule has 1 atom stereocenters. The third kappa shape index (κ3) is 1.88. The van der Waals surface area contributed by atoms with E-state index < -0.39 is 29.1 Å². The second-order valence-corrected chi connectivity index (χ2v) is 2.76. The zero-order valence-corrected chi connectivity index (χ0v) is 7.21. The summed E-state index contributed by atoms with van der Waals surface area (Å²) in [5.74, 6) is -4.45. The van der Waals surface area contributed by atoms with Crippen LogP contribution in [0.15, 0.2) is 18.2 Å². The molecule has 14 heavy (non-hydrogen) atoms. The van der Waals surface area contributed by atoms with Gasteiger partial charge >= 0.3 is 5.97 Å². The normalized spacial score (nSPS) is 12.5. The van der Waals surface area contributed by atoms with Crippen LogP contribution in [0.25, 0.3) is 0 Å². The molecule has 1 aromatic carbocycles. The Kier molecular flexibility index (Phi) is 3.14. The number of benzene rings is 1. The Balaban J connectivity index is 3.22. The minimum atomic E-state index is -1.34. The van der Waals surface area contributed by atoms with Crippen molar-refractivity contribution in [2.75, 3.05) is 6.54 Å². The summed E-state index contributed by atoms with van der Waals surface area (Å²) in [5, 5.41) is 8.66. The summed E-state index contributed by atoms with van der Waals surface area (Å²) >= 11 is 0. The third-order valence-electron chi connectivity index (χ3n) is 1.88. The summed E-state index contributed by atoms with van der Waals surface area (Å²) in [6.45, 7) is -0.340. The van der Waals surface area contributed by atoms with Crippen molar-refractivity contribution in [1.82, 2.24) is 0 Å². The van der Waals surface area contributed by atoms with Gasteiger partial charge in [0.2, 0.25) is 0 Å². The van der Waals surface area contributed by atoms with Crippen LogP contribution in [0.2, 0.25) is 0 Å². The molecule has 0 saturated heterocycles. The summed E-state index contributed by atoms with van der Waals surface area (Å²) in [7, 11) is 0. The van der Waals surface area contributed by atoms with Gasteiger partial charge in [0, 0.05) is 12.1 Å². The third-order valence-corrected chi connectivity index (χ3v) is 1.88. The van der Waals surface area contributed by atoms with Crippen molar-refractivity contribution in [3.05, 3.63) is 35.4 Å². The van der Waals surface area contributed by atoms with E-state index in [0.29, 0.717) is 0 Å². The molecule has 1 aromatic rings. The molecule has 0 fully saturated rings. The maximum Gasteiger partial charge on any atom is 0.312 e. The summed E-state index contributed by atoms with van der Waals surface area (Å²) in [4.78, 5) is 10.6. The molecule has 0 spiro atoms. The second kappa shape index (κ2) is 4.15. The van der Waals surface area contributed by atoms with Gasteiger partial charge < -0.3 is 10.8 Å². The SMILES string of the molecule is NCC(C(=O)O)c1c(F)cccc1F. The van der Waals surface area contributed by atoms with Crippen LogP contribution in [0.4, 0.5) is 8.78 Å². The summed E-state index contributed by atoms with van der Waals surface area (Å²) in [5.41, 5.74) is 4.65. The first kappa shape index (κ1) is 10.6. The molecule has 1 rings (SSSR count). The van der Waals surface area contributed by atoms with Crippen LogP contribution in [0.5, 0.6) is 0 Å². The smallest absolute Gasteiger partial charge is 0.312 e. The number of hydrogen-bond donors (Lipinski definition) is 2. The summed E-state index contributed by atoms with van der Waals surface area (Å²) in [6.07, 6.45) is 0. The molecule has 76 valence electrons. The maximum absolute atomic E-state index is 13.1. The first-order valence-electron chi connectivity index (χ1n) is 3.94. The van der Waals surface area contributed by atoms with Crippen LogP contribution in [0.1, 0.15) is 11.5 Å². The average molecular weight is 201 g/mol. The largest absolute Gasteiger partial charge is 0.481 e. The minimum absolute atomic E-state index is 0.340. The van der Waals surface area contributed by atoms with Crippen molar-refractivity contribution in [2.24, 2.45) is 5.73 Å². The fourth-order valence-electron chi connectivity index (χ4n) is 1.19. The average Bonchev–Trinajstić information content (AvgIpc) is 2.10. The van der Waals surface area contributed by atoms with Crippen molar-refractivity contribution in [2.45, 2.75) is 5.92 Å². The van der Waals surface area contributed by atoms with Gasteiger partial charge in [-0.15, -0.1) is 0 Å². The molecule has 0 aromatic heterocycles. The molecule has 0 saturated carbocycles. The standard InChI is InChI=1S/C9H9F2NO2/c10-6-2-1-3-7(11)8(6)5(4-12)9(13)14/h1-3,5H,4,12H2,(H,13,14). The number of carbonyl (C=O) groups is 1. The van der Waals surface area contributed by atoms with E-state index in [2.05, 4.69) is 0 Å². The van der Waals surface area contributed by atoms with Gasteiger partial charge in [0.1, 0.15) is 11.6 Å². The van der Waals surface area contributed by atoms with Crippen molar-refractivity contribution in [3.8, 4) is 0 Å². The molecule has 0 radical (unpaired) electrons. The van der Waals surface area contributed by atoms with E-state index in [-0.39, 0.29) is 6.54 Å². The predicted molar refractivity (Wildman–Crippen MR) is 45.8 cm³/mol. The molecule has 3 nitrogen and oxygen atoms in total. The van der Waals surface area contributed by atoms with Gasteiger partial charge in [-0.2, -0.15) is 0 Å². The number of aliphatic carboxylic acids is 1. The van der Waals surface area contributed by atoms with Gasteiger partial charge in [-0.05, 0) is 12.1 Å². The topological polar surface area (TPSA) is 63.3 Å². The lowest BCUT2D eigenvalue weighted by Crippen LogP contribution is -2.23. The molecule has 0 amide bonds. The van der Waals surface area contributed by atoms with Gasteiger partial charge in [-0.1, -0.05) is 6.07 Å². The van der Waals surface area contributed by atoms with E-state index >= 15 is 0 Å². The fourth-order valence-corrected chi connectivity index (χ4v) is 1.19. The molecule has 3 N–H and O–H groups in total. The Bertz CT molecular complexity index is 334. The number of rotatable bonds is 3. The van der Waals surface area contributed by atoms with E-state index in [1.54, 1.807) is 0 Å².